The minimum atomic E-state index is -4.26. The number of amides is 2. The van der Waals surface area contributed by atoms with Crippen molar-refractivity contribution in [3.05, 3.63) is 94.8 Å². The maximum atomic E-state index is 13.9. The predicted octanol–water partition coefficient (Wildman–Crippen LogP) is 3.64. The van der Waals surface area contributed by atoms with Crippen LogP contribution in [0.1, 0.15) is 11.1 Å². The zero-order chi connectivity index (χ0) is 22.7. The van der Waals surface area contributed by atoms with Crippen molar-refractivity contribution in [2.75, 3.05) is 15.6 Å². The number of carbonyl (C=O) groups excluding carboxylic acids is 2. The molecule has 0 saturated carbocycles. The molecular formula is C23H16ClFN2O4S. The van der Waals surface area contributed by atoms with E-state index in [4.69, 9.17) is 11.6 Å². The lowest BCUT2D eigenvalue weighted by Gasteiger charge is -2.32. The average molecular weight is 471 g/mol. The van der Waals surface area contributed by atoms with Crippen LogP contribution in [0.15, 0.2) is 72.8 Å². The predicted molar refractivity (Wildman–Crippen MR) is 118 cm³/mol. The van der Waals surface area contributed by atoms with E-state index in [-0.39, 0.29) is 17.8 Å². The molecule has 0 unspecified atom stereocenters. The lowest BCUT2D eigenvalue weighted by molar-refractivity contribution is -0.123. The van der Waals surface area contributed by atoms with Gasteiger partial charge in [-0.25, -0.2) is 12.8 Å². The molecule has 2 amide bonds. The summed E-state index contributed by atoms with van der Waals surface area (Å²) < 4.78 is 40.7. The van der Waals surface area contributed by atoms with Gasteiger partial charge in [0.05, 0.1) is 12.2 Å². The van der Waals surface area contributed by atoms with Gasteiger partial charge in [-0.15, -0.1) is 0 Å². The Labute approximate surface area is 188 Å². The molecule has 6 nitrogen and oxygen atoms in total. The summed E-state index contributed by atoms with van der Waals surface area (Å²) in [6.07, 6.45) is 0. The molecule has 1 spiro atoms. The van der Waals surface area contributed by atoms with E-state index in [1.54, 1.807) is 24.3 Å². The van der Waals surface area contributed by atoms with Crippen molar-refractivity contribution in [1.29, 1.82) is 0 Å². The van der Waals surface area contributed by atoms with Crippen LogP contribution >= 0.6 is 11.6 Å². The molecule has 0 N–H and O–H groups in total. The lowest BCUT2D eigenvalue weighted by Crippen LogP contribution is -2.54. The number of para-hydroxylation sites is 1. The number of benzene rings is 3. The van der Waals surface area contributed by atoms with Crippen molar-refractivity contribution in [2.24, 2.45) is 0 Å². The smallest absolute Gasteiger partial charge is 0.274 e. The highest BCUT2D eigenvalue weighted by atomic mass is 35.5. The first kappa shape index (κ1) is 20.7. The van der Waals surface area contributed by atoms with Crippen LogP contribution in [0.25, 0.3) is 0 Å². The maximum absolute atomic E-state index is 13.9. The Bertz CT molecular complexity index is 1380. The number of rotatable bonds is 3. The van der Waals surface area contributed by atoms with Crippen LogP contribution in [0.2, 0.25) is 5.02 Å². The van der Waals surface area contributed by atoms with Gasteiger partial charge in [0.2, 0.25) is 5.91 Å². The molecule has 162 valence electrons. The molecule has 9 heteroatoms. The van der Waals surface area contributed by atoms with Crippen molar-refractivity contribution < 1.29 is 22.4 Å². The molecule has 5 rings (SSSR count). The van der Waals surface area contributed by atoms with E-state index < -0.39 is 38.1 Å². The molecule has 1 fully saturated rings. The zero-order valence-electron chi connectivity index (χ0n) is 16.5. The fourth-order valence-corrected chi connectivity index (χ4v) is 6.62. The van der Waals surface area contributed by atoms with Crippen molar-refractivity contribution in [2.45, 2.75) is 11.4 Å². The molecule has 2 aliphatic heterocycles. The van der Waals surface area contributed by atoms with E-state index in [1.165, 1.54) is 53.4 Å². The number of nitrogens with zero attached hydrogens (tertiary/aromatic N) is 2. The van der Waals surface area contributed by atoms with Crippen LogP contribution in [-0.2, 0) is 30.8 Å². The maximum Gasteiger partial charge on any atom is 0.274 e. The van der Waals surface area contributed by atoms with Crippen molar-refractivity contribution in [1.82, 2.24) is 0 Å². The van der Waals surface area contributed by atoms with Gasteiger partial charge < -0.3 is 4.90 Å². The number of halogens is 2. The fourth-order valence-electron chi connectivity index (χ4n) is 4.46. The zero-order valence-corrected chi connectivity index (χ0v) is 18.1. The van der Waals surface area contributed by atoms with Gasteiger partial charge in [-0.05, 0) is 48.0 Å². The monoisotopic (exact) mass is 470 g/mol. The number of hydrogen-bond acceptors (Lipinski definition) is 4. The van der Waals surface area contributed by atoms with Gasteiger partial charge in [-0.3, -0.25) is 14.5 Å². The largest absolute Gasteiger partial charge is 0.304 e. The second-order valence-electron chi connectivity index (χ2n) is 7.65. The SMILES string of the molecule is O=C1CS(=O)(=O)[C@@]2(C(=O)N(Cc3cccc(F)c3)c3ccccc32)N1c1ccc(Cl)cc1. The number of carbonyl (C=O) groups is 2. The van der Waals surface area contributed by atoms with Crippen molar-refractivity contribution in [3.8, 4) is 0 Å². The molecule has 1 atom stereocenters. The minimum absolute atomic E-state index is 0.0481. The summed E-state index contributed by atoms with van der Waals surface area (Å²) in [7, 11) is -4.26. The third kappa shape index (κ3) is 2.79. The fraction of sp³-hybridized carbons (Fsp3) is 0.130. The molecule has 3 aromatic rings. The standard InChI is InChI=1S/C23H16ClFN2O4S/c24-16-8-10-18(11-9-16)27-21(28)14-32(30,31)23(27)19-6-1-2-7-20(19)26(22(23)29)13-15-4-3-5-17(25)12-15/h1-12H,13-14H2/t23-/m0/s1. The molecule has 2 heterocycles. The van der Waals surface area contributed by atoms with Crippen LogP contribution in [0.4, 0.5) is 15.8 Å². The topological polar surface area (TPSA) is 74.8 Å². The summed E-state index contributed by atoms with van der Waals surface area (Å²) in [4.78, 5) is 27.0. The quantitative estimate of drug-likeness (QED) is 0.585. The molecule has 1 saturated heterocycles. The van der Waals surface area contributed by atoms with Crippen LogP contribution in [0.3, 0.4) is 0 Å². The number of sulfone groups is 1. The van der Waals surface area contributed by atoms with Gasteiger partial charge in [0, 0.05) is 16.3 Å². The highest BCUT2D eigenvalue weighted by Crippen LogP contribution is 2.52. The van der Waals surface area contributed by atoms with Gasteiger partial charge in [-0.2, -0.15) is 0 Å². The van der Waals surface area contributed by atoms with Gasteiger partial charge in [0.1, 0.15) is 11.6 Å². The number of hydrogen-bond donors (Lipinski definition) is 0. The highest BCUT2D eigenvalue weighted by molar-refractivity contribution is 7.94. The Morgan fingerprint density at radius 3 is 2.41 bits per heavy atom. The Morgan fingerprint density at radius 2 is 1.69 bits per heavy atom. The Kier molecular flexibility index (Phi) is 4.61. The van der Waals surface area contributed by atoms with Crippen LogP contribution in [-0.4, -0.2) is 26.0 Å². The summed E-state index contributed by atoms with van der Waals surface area (Å²) in [5, 5.41) is 0.406. The molecule has 2 aliphatic rings. The van der Waals surface area contributed by atoms with E-state index >= 15 is 0 Å². The Balaban J connectivity index is 1.73. The molecular weight excluding hydrogens is 455 g/mol. The molecule has 3 aromatic carbocycles. The van der Waals surface area contributed by atoms with E-state index in [0.717, 1.165) is 4.90 Å². The first-order chi connectivity index (χ1) is 15.3. The van der Waals surface area contributed by atoms with Crippen molar-refractivity contribution >= 4 is 44.6 Å². The Morgan fingerprint density at radius 1 is 0.969 bits per heavy atom. The highest BCUT2D eigenvalue weighted by Gasteiger charge is 2.69. The average Bonchev–Trinajstić information content (AvgIpc) is 3.12. The van der Waals surface area contributed by atoms with Gasteiger partial charge in [0.15, 0.2) is 9.84 Å². The summed E-state index contributed by atoms with van der Waals surface area (Å²) >= 11 is 5.97. The van der Waals surface area contributed by atoms with E-state index in [2.05, 4.69) is 0 Å². The minimum Gasteiger partial charge on any atom is -0.304 e. The summed E-state index contributed by atoms with van der Waals surface area (Å²) in [6.45, 7) is -0.0481. The second kappa shape index (κ2) is 7.15. The third-order valence-corrected chi connectivity index (χ3v) is 8.09. The van der Waals surface area contributed by atoms with Crippen LogP contribution in [0, 0.1) is 5.82 Å². The van der Waals surface area contributed by atoms with Gasteiger partial charge in [0.25, 0.3) is 10.8 Å². The number of anilines is 2. The third-order valence-electron chi connectivity index (χ3n) is 5.74. The molecule has 0 radical (unpaired) electrons. The molecule has 0 aliphatic carbocycles. The molecule has 0 aromatic heterocycles. The van der Waals surface area contributed by atoms with E-state index in [0.29, 0.717) is 16.3 Å². The van der Waals surface area contributed by atoms with Crippen LogP contribution < -0.4 is 9.80 Å². The second-order valence-corrected chi connectivity index (χ2v) is 10.2. The Hall–Kier alpha value is -3.23. The van der Waals surface area contributed by atoms with Crippen molar-refractivity contribution in [3.63, 3.8) is 0 Å². The first-order valence-electron chi connectivity index (χ1n) is 9.72. The normalized spacial score (nSPS) is 21.4. The first-order valence-corrected chi connectivity index (χ1v) is 11.8. The summed E-state index contributed by atoms with van der Waals surface area (Å²) in [5.74, 6) is -2.75. The van der Waals surface area contributed by atoms with Gasteiger partial charge in [-0.1, -0.05) is 41.9 Å². The van der Waals surface area contributed by atoms with Crippen LogP contribution in [0.5, 0.6) is 0 Å². The summed E-state index contributed by atoms with van der Waals surface area (Å²) in [5.41, 5.74) is 1.29. The number of fused-ring (bicyclic) bond motifs is 2. The van der Waals surface area contributed by atoms with Gasteiger partial charge >= 0.3 is 0 Å². The summed E-state index contributed by atoms with van der Waals surface area (Å²) in [6, 6.07) is 18.3. The van der Waals surface area contributed by atoms with E-state index in [9.17, 15) is 22.4 Å². The molecule has 0 bridgehead atoms. The lowest BCUT2D eigenvalue weighted by atomic mass is 10.0. The van der Waals surface area contributed by atoms with E-state index in [1.807, 2.05) is 0 Å². The molecule has 32 heavy (non-hydrogen) atoms.